The van der Waals surface area contributed by atoms with Crippen molar-refractivity contribution >= 4 is 12.2 Å². The van der Waals surface area contributed by atoms with E-state index < -0.39 is 6.09 Å². The molecule has 0 unspecified atom stereocenters. The Morgan fingerprint density at radius 1 is 0.733 bits per heavy atom. The predicted octanol–water partition coefficient (Wildman–Crippen LogP) is 6.21. The highest BCUT2D eigenvalue weighted by Crippen LogP contribution is 2.33. The van der Waals surface area contributed by atoms with E-state index in [1.807, 2.05) is 54.6 Å². The van der Waals surface area contributed by atoms with Crippen LogP contribution in [-0.2, 0) is 11.3 Å². The van der Waals surface area contributed by atoms with Crippen molar-refractivity contribution in [3.63, 3.8) is 0 Å². The van der Waals surface area contributed by atoms with Crippen molar-refractivity contribution in [3.05, 3.63) is 96.6 Å². The van der Waals surface area contributed by atoms with Gasteiger partial charge in [0.1, 0.15) is 18.3 Å². The Bertz CT molecular complexity index is 1790. The van der Waals surface area contributed by atoms with Crippen LogP contribution in [0.2, 0.25) is 0 Å². The lowest BCUT2D eigenvalue weighted by atomic mass is 10.1. The summed E-state index contributed by atoms with van der Waals surface area (Å²) in [6.07, 6.45) is 8.96. The van der Waals surface area contributed by atoms with Crippen molar-refractivity contribution in [2.45, 2.75) is 44.4 Å². The lowest BCUT2D eigenvalue weighted by molar-refractivity contribution is 0.0909. The maximum Gasteiger partial charge on any atom is 0.410 e. The number of aromatic amines is 2. The number of carboxylic acid groups (broad SMARTS) is 1. The van der Waals surface area contributed by atoms with Crippen molar-refractivity contribution < 1.29 is 19.4 Å². The molecule has 2 aliphatic heterocycles. The van der Waals surface area contributed by atoms with E-state index in [2.05, 4.69) is 29.9 Å². The van der Waals surface area contributed by atoms with Crippen LogP contribution in [0.25, 0.3) is 33.9 Å². The molecule has 12 nitrogen and oxygen atoms in total. The lowest BCUT2D eigenvalue weighted by Gasteiger charge is -2.22. The number of hydrogen-bond donors (Lipinski definition) is 3. The molecule has 5 aromatic rings. The largest absolute Gasteiger partial charge is 0.465 e. The van der Waals surface area contributed by atoms with E-state index in [1.54, 1.807) is 29.7 Å². The second kappa shape index (κ2) is 12.2. The second-order valence-corrected chi connectivity index (χ2v) is 11.3. The molecule has 2 fully saturated rings. The normalized spacial score (nSPS) is 18.0. The van der Waals surface area contributed by atoms with Gasteiger partial charge in [0.25, 0.3) is 0 Å². The van der Waals surface area contributed by atoms with Gasteiger partial charge in [-0.1, -0.05) is 54.6 Å². The summed E-state index contributed by atoms with van der Waals surface area (Å²) in [5, 5.41) is 9.45. The molecule has 2 amide bonds. The van der Waals surface area contributed by atoms with Gasteiger partial charge in [-0.25, -0.2) is 29.5 Å². The number of aromatic nitrogens is 6. The number of ether oxygens (including phenoxy) is 1. The first-order chi connectivity index (χ1) is 22.0. The summed E-state index contributed by atoms with van der Waals surface area (Å²) in [5.41, 5.74) is 5.14. The summed E-state index contributed by atoms with van der Waals surface area (Å²) in [6.45, 7) is 1.38. The summed E-state index contributed by atoms with van der Waals surface area (Å²) >= 11 is 0. The average molecular weight is 605 g/mol. The Morgan fingerprint density at radius 3 is 1.96 bits per heavy atom. The summed E-state index contributed by atoms with van der Waals surface area (Å²) in [4.78, 5) is 52.4. The Labute approximate surface area is 259 Å². The molecule has 2 atom stereocenters. The standard InChI is InChI=1S/C33H32N8O4/c42-32(43)40-14-4-8-27(40)30-37-19-26(39-30)24-16-34-29(35-17-24)23-12-10-22(11-13-23)25-18-36-31(38-25)28-9-5-15-41(28)33(44)45-20-21-6-2-1-3-7-21/h1-3,6-7,10-13,16-19,27-28H,4-5,8-9,14-15,20H2,(H,36,38)(H,37,39)(H,42,43)/t27-,28-/m0/s1. The van der Waals surface area contributed by atoms with Crippen LogP contribution in [0.15, 0.2) is 79.4 Å². The molecule has 0 radical (unpaired) electrons. The molecule has 0 spiro atoms. The number of carbonyl (C=O) groups excluding carboxylic acids is 1. The molecule has 3 N–H and O–H groups in total. The van der Waals surface area contributed by atoms with Gasteiger partial charge in [0.2, 0.25) is 0 Å². The molecule has 3 aromatic heterocycles. The fourth-order valence-corrected chi connectivity index (χ4v) is 6.07. The molecule has 0 aliphatic carbocycles. The van der Waals surface area contributed by atoms with Gasteiger partial charge in [0, 0.05) is 36.6 Å². The number of nitrogens with zero attached hydrogens (tertiary/aromatic N) is 6. The summed E-state index contributed by atoms with van der Waals surface area (Å²) in [5.74, 6) is 1.96. The van der Waals surface area contributed by atoms with Crippen molar-refractivity contribution in [2.24, 2.45) is 0 Å². The van der Waals surface area contributed by atoms with Gasteiger partial charge in [-0.05, 0) is 36.8 Å². The van der Waals surface area contributed by atoms with E-state index in [0.717, 1.165) is 65.1 Å². The summed E-state index contributed by atoms with van der Waals surface area (Å²) in [7, 11) is 0. The van der Waals surface area contributed by atoms with E-state index in [9.17, 15) is 14.7 Å². The molecule has 228 valence electrons. The van der Waals surface area contributed by atoms with E-state index in [-0.39, 0.29) is 24.8 Å². The van der Waals surface area contributed by atoms with Gasteiger partial charge in [-0.2, -0.15) is 0 Å². The zero-order chi connectivity index (χ0) is 30.8. The van der Waals surface area contributed by atoms with Crippen molar-refractivity contribution in [3.8, 4) is 33.9 Å². The lowest BCUT2D eigenvalue weighted by Crippen LogP contribution is -2.31. The first-order valence-corrected chi connectivity index (χ1v) is 15.0. The number of imidazole rings is 2. The third-order valence-electron chi connectivity index (χ3n) is 8.43. The number of H-pyrrole nitrogens is 2. The molecule has 5 heterocycles. The zero-order valence-corrected chi connectivity index (χ0v) is 24.5. The van der Waals surface area contributed by atoms with Gasteiger partial charge in [-0.3, -0.25) is 9.80 Å². The Balaban J connectivity index is 0.997. The number of rotatable bonds is 7. The van der Waals surface area contributed by atoms with Crippen molar-refractivity contribution in [1.29, 1.82) is 0 Å². The highest BCUT2D eigenvalue weighted by Gasteiger charge is 2.33. The number of nitrogens with one attached hydrogen (secondary N) is 2. The molecular formula is C33H32N8O4. The van der Waals surface area contributed by atoms with Crippen LogP contribution in [0.1, 0.15) is 55.0 Å². The Kier molecular flexibility index (Phi) is 7.68. The van der Waals surface area contributed by atoms with Gasteiger partial charge >= 0.3 is 12.2 Å². The number of hydrogen-bond acceptors (Lipinski definition) is 7. The first kappa shape index (κ1) is 28.3. The number of amides is 2. The predicted molar refractivity (Wildman–Crippen MR) is 165 cm³/mol. The minimum absolute atomic E-state index is 0.159. The highest BCUT2D eigenvalue weighted by molar-refractivity contribution is 5.69. The first-order valence-electron chi connectivity index (χ1n) is 15.0. The van der Waals surface area contributed by atoms with Gasteiger partial charge in [0.15, 0.2) is 5.82 Å². The van der Waals surface area contributed by atoms with E-state index in [1.165, 1.54) is 4.90 Å². The molecular weight excluding hydrogens is 572 g/mol. The van der Waals surface area contributed by atoms with E-state index in [0.29, 0.717) is 24.7 Å². The fraction of sp³-hybridized carbons (Fsp3) is 0.273. The molecule has 2 saturated heterocycles. The number of benzene rings is 2. The van der Waals surface area contributed by atoms with Crippen LogP contribution < -0.4 is 0 Å². The second-order valence-electron chi connectivity index (χ2n) is 11.3. The van der Waals surface area contributed by atoms with Gasteiger partial charge < -0.3 is 19.8 Å². The van der Waals surface area contributed by atoms with Crippen molar-refractivity contribution in [1.82, 2.24) is 39.7 Å². The third-order valence-corrected chi connectivity index (χ3v) is 8.43. The minimum Gasteiger partial charge on any atom is -0.465 e. The Hall–Kier alpha value is -5.52. The Morgan fingerprint density at radius 2 is 1.31 bits per heavy atom. The number of likely N-dealkylation sites (tertiary alicyclic amines) is 2. The van der Waals surface area contributed by atoms with Crippen LogP contribution >= 0.6 is 0 Å². The maximum absolute atomic E-state index is 12.9. The van der Waals surface area contributed by atoms with Crippen LogP contribution in [0, 0.1) is 0 Å². The van der Waals surface area contributed by atoms with Gasteiger partial charge in [-0.15, -0.1) is 0 Å². The monoisotopic (exact) mass is 604 g/mol. The van der Waals surface area contributed by atoms with Crippen molar-refractivity contribution in [2.75, 3.05) is 13.1 Å². The molecule has 12 heteroatoms. The number of carbonyl (C=O) groups is 2. The van der Waals surface area contributed by atoms with E-state index in [4.69, 9.17) is 4.74 Å². The fourth-order valence-electron chi connectivity index (χ4n) is 6.07. The quantitative estimate of drug-likeness (QED) is 0.198. The molecule has 0 saturated carbocycles. The summed E-state index contributed by atoms with van der Waals surface area (Å²) in [6, 6.07) is 17.1. The van der Waals surface area contributed by atoms with E-state index >= 15 is 0 Å². The average Bonchev–Trinajstić information content (AvgIpc) is 3.90. The molecule has 7 rings (SSSR count). The zero-order valence-electron chi connectivity index (χ0n) is 24.5. The highest BCUT2D eigenvalue weighted by atomic mass is 16.6. The van der Waals surface area contributed by atoms with Crippen LogP contribution in [-0.4, -0.2) is 70.1 Å². The summed E-state index contributed by atoms with van der Waals surface area (Å²) < 4.78 is 5.58. The topological polar surface area (TPSA) is 153 Å². The molecule has 45 heavy (non-hydrogen) atoms. The third kappa shape index (κ3) is 5.86. The van der Waals surface area contributed by atoms with Crippen LogP contribution in [0.4, 0.5) is 9.59 Å². The van der Waals surface area contributed by atoms with Crippen LogP contribution in [0.5, 0.6) is 0 Å². The maximum atomic E-state index is 12.9. The van der Waals surface area contributed by atoms with Gasteiger partial charge in [0.05, 0.1) is 35.9 Å². The minimum atomic E-state index is -0.931. The molecule has 0 bridgehead atoms. The molecule has 2 aromatic carbocycles. The van der Waals surface area contributed by atoms with Crippen LogP contribution in [0.3, 0.4) is 0 Å². The smallest absolute Gasteiger partial charge is 0.410 e. The SMILES string of the molecule is O=C(O)N1CCC[C@H]1c1ncc(-c2cnc(-c3ccc(-c4cnc([C@@H]5CCCN5C(=O)OCc5ccccc5)[nH]4)cc3)nc2)[nH]1. The molecule has 2 aliphatic rings.